The highest BCUT2D eigenvalue weighted by Gasteiger charge is 2.21. The fourth-order valence-corrected chi connectivity index (χ4v) is 3.05. The minimum atomic E-state index is -0.938. The Morgan fingerprint density at radius 1 is 1.19 bits per heavy atom. The van der Waals surface area contributed by atoms with E-state index in [1.165, 1.54) is 11.3 Å². The SMILES string of the molecule is Cc1ccccc1C(CC(=O)O)NC(=O)c1sccc1C. The predicted molar refractivity (Wildman–Crippen MR) is 82.7 cm³/mol. The van der Waals surface area contributed by atoms with E-state index in [9.17, 15) is 9.59 Å². The second kappa shape index (κ2) is 6.54. The van der Waals surface area contributed by atoms with E-state index in [0.29, 0.717) is 4.88 Å². The third-order valence-electron chi connectivity index (χ3n) is 3.32. The first-order chi connectivity index (χ1) is 9.99. The molecule has 0 aliphatic heterocycles. The molecule has 1 amide bonds. The molecule has 0 radical (unpaired) electrons. The molecule has 1 aromatic heterocycles. The van der Waals surface area contributed by atoms with E-state index < -0.39 is 12.0 Å². The molecule has 0 aliphatic carbocycles. The van der Waals surface area contributed by atoms with Crippen molar-refractivity contribution in [3.63, 3.8) is 0 Å². The van der Waals surface area contributed by atoms with Gasteiger partial charge in [0, 0.05) is 0 Å². The van der Waals surface area contributed by atoms with E-state index in [1.54, 1.807) is 0 Å². The smallest absolute Gasteiger partial charge is 0.305 e. The maximum atomic E-state index is 12.3. The number of thiophene rings is 1. The molecule has 5 heteroatoms. The molecular weight excluding hydrogens is 286 g/mol. The molecule has 1 unspecified atom stereocenters. The number of hydrogen-bond acceptors (Lipinski definition) is 3. The first-order valence-electron chi connectivity index (χ1n) is 6.61. The van der Waals surface area contributed by atoms with Gasteiger partial charge in [0.05, 0.1) is 17.3 Å². The van der Waals surface area contributed by atoms with Gasteiger partial charge in [0.2, 0.25) is 0 Å². The van der Waals surface area contributed by atoms with Gasteiger partial charge < -0.3 is 10.4 Å². The highest BCUT2D eigenvalue weighted by molar-refractivity contribution is 7.12. The number of rotatable bonds is 5. The van der Waals surface area contributed by atoms with Crippen LogP contribution in [0.4, 0.5) is 0 Å². The number of benzene rings is 1. The lowest BCUT2D eigenvalue weighted by atomic mass is 9.98. The molecule has 2 rings (SSSR count). The maximum absolute atomic E-state index is 12.3. The molecule has 2 N–H and O–H groups in total. The van der Waals surface area contributed by atoms with Crippen LogP contribution in [0.1, 0.15) is 38.8 Å². The minimum Gasteiger partial charge on any atom is -0.481 e. The van der Waals surface area contributed by atoms with E-state index in [1.807, 2.05) is 49.6 Å². The van der Waals surface area contributed by atoms with Gasteiger partial charge in [-0.25, -0.2) is 0 Å². The van der Waals surface area contributed by atoms with Crippen LogP contribution < -0.4 is 5.32 Å². The van der Waals surface area contributed by atoms with Crippen LogP contribution in [0.25, 0.3) is 0 Å². The molecule has 0 bridgehead atoms. The van der Waals surface area contributed by atoms with Gasteiger partial charge in [-0.15, -0.1) is 11.3 Å². The summed E-state index contributed by atoms with van der Waals surface area (Å²) in [5, 5.41) is 13.8. The number of nitrogens with one attached hydrogen (secondary N) is 1. The summed E-state index contributed by atoms with van der Waals surface area (Å²) < 4.78 is 0. The average molecular weight is 303 g/mol. The normalized spacial score (nSPS) is 11.9. The second-order valence-electron chi connectivity index (χ2n) is 4.91. The quantitative estimate of drug-likeness (QED) is 0.890. The fraction of sp³-hybridized carbons (Fsp3) is 0.250. The van der Waals surface area contributed by atoms with E-state index in [4.69, 9.17) is 5.11 Å². The molecule has 0 fully saturated rings. The van der Waals surface area contributed by atoms with Crippen LogP contribution in [0.2, 0.25) is 0 Å². The van der Waals surface area contributed by atoms with Gasteiger partial charge in [-0.3, -0.25) is 9.59 Å². The number of carboxylic acid groups (broad SMARTS) is 1. The highest BCUT2D eigenvalue weighted by Crippen LogP contribution is 2.23. The van der Waals surface area contributed by atoms with Crippen molar-refractivity contribution < 1.29 is 14.7 Å². The van der Waals surface area contributed by atoms with Crippen molar-refractivity contribution in [1.29, 1.82) is 0 Å². The van der Waals surface area contributed by atoms with Crippen molar-refractivity contribution in [2.45, 2.75) is 26.3 Å². The molecule has 0 saturated carbocycles. The van der Waals surface area contributed by atoms with Crippen molar-refractivity contribution in [2.75, 3.05) is 0 Å². The van der Waals surface area contributed by atoms with Crippen LogP contribution >= 0.6 is 11.3 Å². The second-order valence-corrected chi connectivity index (χ2v) is 5.83. The number of carbonyl (C=O) groups excluding carboxylic acids is 1. The van der Waals surface area contributed by atoms with E-state index in [-0.39, 0.29) is 12.3 Å². The number of hydrogen-bond donors (Lipinski definition) is 2. The standard InChI is InChI=1S/C16H17NO3S/c1-10-5-3-4-6-12(10)13(9-14(18)19)17-16(20)15-11(2)7-8-21-15/h3-8,13H,9H2,1-2H3,(H,17,20)(H,18,19). The third-order valence-corrected chi connectivity index (χ3v) is 4.33. The Bertz CT molecular complexity index is 663. The van der Waals surface area contributed by atoms with Crippen LogP contribution in [0, 0.1) is 13.8 Å². The molecule has 0 aliphatic rings. The summed E-state index contributed by atoms with van der Waals surface area (Å²) in [6.07, 6.45) is -0.138. The molecule has 1 aromatic carbocycles. The fourth-order valence-electron chi connectivity index (χ4n) is 2.22. The predicted octanol–water partition coefficient (Wildman–Crippen LogP) is 3.31. The van der Waals surface area contributed by atoms with Gasteiger partial charge in [0.15, 0.2) is 0 Å². The van der Waals surface area contributed by atoms with Gasteiger partial charge in [-0.2, -0.15) is 0 Å². The Kier molecular flexibility index (Phi) is 4.75. The average Bonchev–Trinajstić information content (AvgIpc) is 2.84. The number of aryl methyl sites for hydroxylation is 2. The summed E-state index contributed by atoms with van der Waals surface area (Å²) in [5.74, 6) is -1.16. The molecule has 1 heterocycles. The molecule has 110 valence electrons. The van der Waals surface area contributed by atoms with Crippen LogP contribution in [-0.2, 0) is 4.79 Å². The first kappa shape index (κ1) is 15.3. The summed E-state index contributed by atoms with van der Waals surface area (Å²) in [7, 11) is 0. The Balaban J connectivity index is 2.25. The van der Waals surface area contributed by atoms with Crippen LogP contribution in [0.5, 0.6) is 0 Å². The van der Waals surface area contributed by atoms with Gasteiger partial charge in [-0.05, 0) is 42.0 Å². The van der Waals surface area contributed by atoms with Gasteiger partial charge >= 0.3 is 5.97 Å². The number of aliphatic carboxylic acids is 1. The van der Waals surface area contributed by atoms with Crippen molar-refractivity contribution in [2.24, 2.45) is 0 Å². The van der Waals surface area contributed by atoms with Crippen molar-refractivity contribution in [3.8, 4) is 0 Å². The van der Waals surface area contributed by atoms with E-state index in [0.717, 1.165) is 16.7 Å². The Morgan fingerprint density at radius 2 is 1.90 bits per heavy atom. The monoisotopic (exact) mass is 303 g/mol. The van der Waals surface area contributed by atoms with Gasteiger partial charge in [0.25, 0.3) is 5.91 Å². The summed E-state index contributed by atoms with van der Waals surface area (Å²) in [6.45, 7) is 3.78. The van der Waals surface area contributed by atoms with Gasteiger partial charge in [0.1, 0.15) is 0 Å². The number of carboxylic acids is 1. The molecule has 1 atom stereocenters. The lowest BCUT2D eigenvalue weighted by Gasteiger charge is -2.19. The van der Waals surface area contributed by atoms with Crippen LogP contribution in [-0.4, -0.2) is 17.0 Å². The largest absolute Gasteiger partial charge is 0.481 e. The van der Waals surface area contributed by atoms with Gasteiger partial charge in [-0.1, -0.05) is 24.3 Å². The topological polar surface area (TPSA) is 66.4 Å². The van der Waals surface area contributed by atoms with Crippen LogP contribution in [0.15, 0.2) is 35.7 Å². The van der Waals surface area contributed by atoms with Crippen molar-refractivity contribution in [3.05, 3.63) is 57.3 Å². The first-order valence-corrected chi connectivity index (χ1v) is 7.49. The summed E-state index contributed by atoms with van der Waals surface area (Å²) in [4.78, 5) is 24.0. The Hall–Kier alpha value is -2.14. The lowest BCUT2D eigenvalue weighted by molar-refractivity contribution is -0.137. The zero-order valence-electron chi connectivity index (χ0n) is 11.9. The molecule has 21 heavy (non-hydrogen) atoms. The molecule has 2 aromatic rings. The Labute approximate surface area is 127 Å². The number of amides is 1. The molecular formula is C16H17NO3S. The lowest BCUT2D eigenvalue weighted by Crippen LogP contribution is -2.30. The molecule has 4 nitrogen and oxygen atoms in total. The Morgan fingerprint density at radius 3 is 2.48 bits per heavy atom. The maximum Gasteiger partial charge on any atom is 0.305 e. The van der Waals surface area contributed by atoms with Crippen molar-refractivity contribution in [1.82, 2.24) is 5.32 Å². The zero-order chi connectivity index (χ0) is 15.4. The van der Waals surface area contributed by atoms with Crippen molar-refractivity contribution >= 4 is 23.2 Å². The highest BCUT2D eigenvalue weighted by atomic mass is 32.1. The molecule has 0 saturated heterocycles. The number of carbonyl (C=O) groups is 2. The summed E-state index contributed by atoms with van der Waals surface area (Å²) in [6, 6.07) is 8.84. The van der Waals surface area contributed by atoms with E-state index in [2.05, 4.69) is 5.32 Å². The zero-order valence-corrected chi connectivity index (χ0v) is 12.7. The summed E-state index contributed by atoms with van der Waals surface area (Å²) in [5.41, 5.74) is 2.70. The minimum absolute atomic E-state index is 0.138. The third kappa shape index (κ3) is 3.70. The molecule has 0 spiro atoms. The van der Waals surface area contributed by atoms with Crippen LogP contribution in [0.3, 0.4) is 0 Å². The van der Waals surface area contributed by atoms with E-state index >= 15 is 0 Å². The summed E-state index contributed by atoms with van der Waals surface area (Å²) >= 11 is 1.36.